The summed E-state index contributed by atoms with van der Waals surface area (Å²) in [6.07, 6.45) is 1.33. The Hall–Kier alpha value is -3.79. The zero-order valence-electron chi connectivity index (χ0n) is 16.8. The number of nitrogens with one attached hydrogen (secondary N) is 2. The molecule has 1 unspecified atom stereocenters. The van der Waals surface area contributed by atoms with E-state index in [2.05, 4.69) is 10.6 Å². The molecule has 0 bridgehead atoms. The topological polar surface area (TPSA) is 100 Å². The SMILES string of the molecule is COc1ccc(C(C)NC(=O)/C(C#N)=C\Nc2ccc(C(C)=O)cc2)cc1OC. The molecule has 2 N–H and O–H groups in total. The normalized spacial score (nSPS) is 11.8. The summed E-state index contributed by atoms with van der Waals surface area (Å²) < 4.78 is 10.5. The van der Waals surface area contributed by atoms with Crippen LogP contribution in [0.3, 0.4) is 0 Å². The average Bonchev–Trinajstić information content (AvgIpc) is 2.73. The van der Waals surface area contributed by atoms with Gasteiger partial charge in [-0.1, -0.05) is 6.07 Å². The highest BCUT2D eigenvalue weighted by Crippen LogP contribution is 2.29. The van der Waals surface area contributed by atoms with Crippen LogP contribution in [0.15, 0.2) is 54.2 Å². The Morgan fingerprint density at radius 2 is 1.72 bits per heavy atom. The predicted molar refractivity (Wildman–Crippen MR) is 110 cm³/mol. The van der Waals surface area contributed by atoms with Gasteiger partial charge in [-0.05, 0) is 55.8 Å². The average molecular weight is 393 g/mol. The van der Waals surface area contributed by atoms with Gasteiger partial charge in [0.1, 0.15) is 11.6 Å². The van der Waals surface area contributed by atoms with Crippen molar-refractivity contribution in [1.82, 2.24) is 5.32 Å². The minimum atomic E-state index is -0.511. The lowest BCUT2D eigenvalue weighted by Gasteiger charge is -2.16. The molecule has 150 valence electrons. The van der Waals surface area contributed by atoms with Crippen LogP contribution in [0, 0.1) is 11.3 Å². The maximum absolute atomic E-state index is 12.5. The number of hydrogen-bond donors (Lipinski definition) is 2. The molecule has 0 fully saturated rings. The lowest BCUT2D eigenvalue weighted by molar-refractivity contribution is -0.117. The van der Waals surface area contributed by atoms with Crippen molar-refractivity contribution in [3.05, 3.63) is 65.4 Å². The Kier molecular flexibility index (Phi) is 7.38. The molecular formula is C22H23N3O4. The van der Waals surface area contributed by atoms with Crippen molar-refractivity contribution >= 4 is 17.4 Å². The van der Waals surface area contributed by atoms with Crippen LogP contribution in [-0.2, 0) is 4.79 Å². The molecule has 0 spiro atoms. The van der Waals surface area contributed by atoms with E-state index < -0.39 is 5.91 Å². The number of methoxy groups -OCH3 is 2. The maximum atomic E-state index is 12.5. The summed E-state index contributed by atoms with van der Waals surface area (Å²) in [5, 5.41) is 15.0. The number of ether oxygens (including phenoxy) is 2. The lowest BCUT2D eigenvalue weighted by Crippen LogP contribution is -2.28. The summed E-state index contributed by atoms with van der Waals surface area (Å²) in [6, 6.07) is 13.6. The van der Waals surface area contributed by atoms with Gasteiger partial charge < -0.3 is 20.1 Å². The Balaban J connectivity index is 2.08. The van der Waals surface area contributed by atoms with E-state index in [-0.39, 0.29) is 17.4 Å². The number of carbonyl (C=O) groups is 2. The van der Waals surface area contributed by atoms with Gasteiger partial charge in [0.2, 0.25) is 0 Å². The zero-order valence-corrected chi connectivity index (χ0v) is 16.8. The van der Waals surface area contributed by atoms with Gasteiger partial charge in [-0.3, -0.25) is 9.59 Å². The monoisotopic (exact) mass is 393 g/mol. The first kappa shape index (κ1) is 21.5. The van der Waals surface area contributed by atoms with Crippen LogP contribution < -0.4 is 20.1 Å². The van der Waals surface area contributed by atoms with Crippen molar-refractivity contribution in [3.63, 3.8) is 0 Å². The van der Waals surface area contributed by atoms with Crippen LogP contribution in [0.2, 0.25) is 0 Å². The molecule has 0 radical (unpaired) electrons. The fourth-order valence-corrected chi connectivity index (χ4v) is 2.59. The molecule has 1 amide bonds. The van der Waals surface area contributed by atoms with Crippen LogP contribution >= 0.6 is 0 Å². The zero-order chi connectivity index (χ0) is 21.4. The fourth-order valence-electron chi connectivity index (χ4n) is 2.59. The Bertz CT molecular complexity index is 959. The van der Waals surface area contributed by atoms with E-state index in [0.717, 1.165) is 5.56 Å². The van der Waals surface area contributed by atoms with Gasteiger partial charge in [0, 0.05) is 17.5 Å². The second-order valence-corrected chi connectivity index (χ2v) is 6.26. The molecule has 0 aromatic heterocycles. The van der Waals surface area contributed by atoms with Gasteiger partial charge in [-0.25, -0.2) is 0 Å². The van der Waals surface area contributed by atoms with Gasteiger partial charge in [0.25, 0.3) is 5.91 Å². The molecule has 0 aliphatic heterocycles. The van der Waals surface area contributed by atoms with E-state index in [1.54, 1.807) is 43.5 Å². The van der Waals surface area contributed by atoms with Gasteiger partial charge in [0.15, 0.2) is 17.3 Å². The van der Waals surface area contributed by atoms with Crippen molar-refractivity contribution in [1.29, 1.82) is 5.26 Å². The number of anilines is 1. The number of carbonyl (C=O) groups excluding carboxylic acids is 2. The Morgan fingerprint density at radius 3 is 2.28 bits per heavy atom. The number of hydrogen-bond acceptors (Lipinski definition) is 6. The minimum absolute atomic E-state index is 0.0340. The molecule has 29 heavy (non-hydrogen) atoms. The first-order valence-corrected chi connectivity index (χ1v) is 8.90. The van der Waals surface area contributed by atoms with Crippen molar-refractivity contribution in [2.24, 2.45) is 0 Å². The smallest absolute Gasteiger partial charge is 0.263 e. The van der Waals surface area contributed by atoms with E-state index in [4.69, 9.17) is 9.47 Å². The summed E-state index contributed by atoms with van der Waals surface area (Å²) in [5.74, 6) is 0.598. The molecule has 2 rings (SSSR count). The van der Waals surface area contributed by atoms with Crippen LogP contribution in [0.4, 0.5) is 5.69 Å². The van der Waals surface area contributed by atoms with Crippen molar-refractivity contribution in [2.75, 3.05) is 19.5 Å². The minimum Gasteiger partial charge on any atom is -0.493 e. The second-order valence-electron chi connectivity index (χ2n) is 6.26. The molecule has 7 heteroatoms. The lowest BCUT2D eigenvalue weighted by atomic mass is 10.1. The number of rotatable bonds is 8. The predicted octanol–water partition coefficient (Wildman–Crippen LogP) is 3.60. The molecule has 0 aliphatic rings. The quantitative estimate of drug-likeness (QED) is 0.404. The third-order valence-corrected chi connectivity index (χ3v) is 4.29. The fraction of sp³-hybridized carbons (Fsp3) is 0.227. The summed E-state index contributed by atoms with van der Waals surface area (Å²) in [7, 11) is 3.09. The molecular weight excluding hydrogens is 370 g/mol. The highest BCUT2D eigenvalue weighted by Gasteiger charge is 2.15. The largest absolute Gasteiger partial charge is 0.493 e. The number of ketones is 1. The number of amides is 1. The van der Waals surface area contributed by atoms with Crippen LogP contribution in [0.5, 0.6) is 11.5 Å². The second kappa shape index (κ2) is 9.95. The summed E-state index contributed by atoms with van der Waals surface area (Å²) in [6.45, 7) is 3.29. The van der Waals surface area contributed by atoms with Gasteiger partial charge in [-0.2, -0.15) is 5.26 Å². The molecule has 0 heterocycles. The van der Waals surface area contributed by atoms with Gasteiger partial charge in [-0.15, -0.1) is 0 Å². The van der Waals surface area contributed by atoms with Crippen molar-refractivity contribution < 1.29 is 19.1 Å². The summed E-state index contributed by atoms with van der Waals surface area (Å²) in [4.78, 5) is 23.8. The van der Waals surface area contributed by atoms with Gasteiger partial charge >= 0.3 is 0 Å². The summed E-state index contributed by atoms with van der Waals surface area (Å²) in [5.41, 5.74) is 1.97. The maximum Gasteiger partial charge on any atom is 0.263 e. The van der Waals surface area contributed by atoms with Crippen molar-refractivity contribution in [3.8, 4) is 17.6 Å². The van der Waals surface area contributed by atoms with Gasteiger partial charge in [0.05, 0.1) is 20.3 Å². The number of benzene rings is 2. The molecule has 2 aromatic carbocycles. The van der Waals surface area contributed by atoms with Crippen molar-refractivity contribution in [2.45, 2.75) is 19.9 Å². The first-order valence-electron chi connectivity index (χ1n) is 8.90. The highest BCUT2D eigenvalue weighted by atomic mass is 16.5. The number of nitrogens with zero attached hydrogens (tertiary/aromatic N) is 1. The molecule has 1 atom stereocenters. The Morgan fingerprint density at radius 1 is 1.07 bits per heavy atom. The van der Waals surface area contributed by atoms with E-state index in [1.807, 2.05) is 19.1 Å². The summed E-state index contributed by atoms with van der Waals surface area (Å²) >= 11 is 0. The van der Waals surface area contributed by atoms with Crippen LogP contribution in [0.25, 0.3) is 0 Å². The Labute approximate surface area is 169 Å². The van der Waals surface area contributed by atoms with E-state index in [9.17, 15) is 14.9 Å². The third kappa shape index (κ3) is 5.59. The van der Waals surface area contributed by atoms with E-state index in [0.29, 0.717) is 22.7 Å². The standard InChI is InChI=1S/C22H23N3O4/c1-14(17-7-10-20(28-3)21(11-17)29-4)25-22(27)18(12-23)13-24-19-8-5-16(6-9-19)15(2)26/h5-11,13-14,24H,1-4H3,(H,25,27)/b18-13-. The number of Topliss-reactive ketones (excluding diaryl/α,β-unsaturated/α-hetero) is 1. The molecule has 0 saturated heterocycles. The van der Waals surface area contributed by atoms with Crippen LogP contribution in [-0.4, -0.2) is 25.9 Å². The highest BCUT2D eigenvalue weighted by molar-refractivity contribution is 5.98. The first-order chi connectivity index (χ1) is 13.9. The van der Waals surface area contributed by atoms with E-state index >= 15 is 0 Å². The molecule has 7 nitrogen and oxygen atoms in total. The number of nitriles is 1. The molecule has 0 saturated carbocycles. The third-order valence-electron chi connectivity index (χ3n) is 4.29. The molecule has 0 aliphatic carbocycles. The van der Waals surface area contributed by atoms with E-state index in [1.165, 1.54) is 20.2 Å². The molecule has 2 aromatic rings. The van der Waals surface area contributed by atoms with Crippen LogP contribution in [0.1, 0.15) is 35.8 Å².